The number of rotatable bonds is 4. The van der Waals surface area contributed by atoms with Gasteiger partial charge in [-0.1, -0.05) is 18.2 Å². The Morgan fingerprint density at radius 3 is 2.24 bits per heavy atom. The third-order valence-electron chi connectivity index (χ3n) is 4.26. The van der Waals surface area contributed by atoms with E-state index in [1.54, 1.807) is 0 Å². The molecule has 0 aliphatic carbocycles. The molecule has 21 heavy (non-hydrogen) atoms. The van der Waals surface area contributed by atoms with Crippen molar-refractivity contribution in [1.82, 2.24) is 0 Å². The van der Waals surface area contributed by atoms with E-state index in [2.05, 4.69) is 39.1 Å². The average Bonchev–Trinajstić information content (AvgIpc) is 2.38. The zero-order valence-electron chi connectivity index (χ0n) is 13.7. The molecule has 1 aliphatic rings. The predicted octanol–water partition coefficient (Wildman–Crippen LogP) is 2.94. The minimum atomic E-state index is 0. The number of quaternary nitrogens is 1. The molecule has 4 heteroatoms. The molecule has 0 spiro atoms. The van der Waals surface area contributed by atoms with Crippen molar-refractivity contribution >= 4 is 0 Å². The van der Waals surface area contributed by atoms with Gasteiger partial charge in [0.25, 0.3) is 0 Å². The summed E-state index contributed by atoms with van der Waals surface area (Å²) < 4.78 is 12.7. The van der Waals surface area contributed by atoms with Gasteiger partial charge in [-0.25, -0.2) is 0 Å². The second kappa shape index (κ2) is 9.24. The van der Waals surface area contributed by atoms with Crippen LogP contribution in [0.3, 0.4) is 0 Å². The van der Waals surface area contributed by atoms with E-state index in [0.29, 0.717) is 0 Å². The van der Waals surface area contributed by atoms with Gasteiger partial charge in [-0.05, 0) is 25.0 Å². The van der Waals surface area contributed by atoms with E-state index in [1.807, 2.05) is 0 Å². The Labute approximate surface area is 154 Å². The fraction of sp³-hybridized carbons (Fsp3) is 0.647. The molecule has 0 unspecified atom stereocenters. The van der Waals surface area contributed by atoms with Gasteiger partial charge < -0.3 is 14.0 Å². The van der Waals surface area contributed by atoms with Crippen LogP contribution in [0.15, 0.2) is 18.2 Å². The summed E-state index contributed by atoms with van der Waals surface area (Å²) in [5, 5.41) is 0. The Morgan fingerprint density at radius 1 is 1.10 bits per heavy atom. The molecule has 115 valence electrons. The minimum Gasteiger partial charge on any atom is -0.487 e. The first-order valence-corrected chi connectivity index (χ1v) is 7.71. The fourth-order valence-electron chi connectivity index (χ4n) is 2.93. The summed E-state index contributed by atoms with van der Waals surface area (Å²) in [4.78, 5) is 0. The Hall–Kier alpha value is 0.0439. The molecule has 0 aromatic heterocycles. The van der Waals surface area contributed by atoms with Crippen LogP contribution < -0.4 is 4.74 Å². The van der Waals surface area contributed by atoms with Crippen LogP contribution in [0.2, 0.25) is 0 Å². The number of aryl methyl sites for hydroxylation is 2. The third-order valence-corrected chi connectivity index (χ3v) is 4.26. The molecule has 0 saturated carbocycles. The zero-order chi connectivity index (χ0) is 14.4. The van der Waals surface area contributed by atoms with E-state index in [0.717, 1.165) is 49.4 Å². The third kappa shape index (κ3) is 5.98. The summed E-state index contributed by atoms with van der Waals surface area (Å²) in [5.41, 5.74) is 2.46. The first-order chi connectivity index (χ1) is 9.61. The van der Waals surface area contributed by atoms with Gasteiger partial charge in [0.15, 0.2) is 0 Å². The maximum atomic E-state index is 6.06. The number of benzene rings is 1. The predicted molar refractivity (Wildman–Crippen MR) is 82.2 cm³/mol. The SMILES string of the molecule is Cc1cccc(C)c1OCC[N+]1(C)CCCOCCC1.[Y]. The molecule has 1 fully saturated rings. The first-order valence-electron chi connectivity index (χ1n) is 7.71. The number of likely N-dealkylation sites (N-methyl/N-ethyl adjacent to an activating group) is 1. The molecule has 0 atom stereocenters. The maximum absolute atomic E-state index is 6.06. The topological polar surface area (TPSA) is 18.5 Å². The van der Waals surface area contributed by atoms with E-state index in [1.165, 1.54) is 24.2 Å². The van der Waals surface area contributed by atoms with Gasteiger partial charge in [0, 0.05) is 45.6 Å². The van der Waals surface area contributed by atoms with E-state index in [4.69, 9.17) is 9.47 Å². The number of para-hydroxylation sites is 1. The summed E-state index contributed by atoms with van der Waals surface area (Å²) >= 11 is 0. The summed E-state index contributed by atoms with van der Waals surface area (Å²) in [7, 11) is 2.35. The van der Waals surface area contributed by atoms with Gasteiger partial charge in [-0.2, -0.15) is 0 Å². The van der Waals surface area contributed by atoms with Crippen LogP contribution in [0.4, 0.5) is 0 Å². The van der Waals surface area contributed by atoms with Crippen molar-refractivity contribution in [3.63, 3.8) is 0 Å². The van der Waals surface area contributed by atoms with Crippen molar-refractivity contribution in [3.05, 3.63) is 29.3 Å². The Bertz CT molecular complexity index is 409. The van der Waals surface area contributed by atoms with Crippen LogP contribution in [0.5, 0.6) is 5.75 Å². The van der Waals surface area contributed by atoms with Crippen molar-refractivity contribution in [1.29, 1.82) is 0 Å². The Balaban J connectivity index is 0.00000220. The Kier molecular flexibility index (Phi) is 8.40. The average molecular weight is 367 g/mol. The molecule has 1 radical (unpaired) electrons. The van der Waals surface area contributed by atoms with Gasteiger partial charge in [-0.3, -0.25) is 0 Å². The molecule has 0 N–H and O–H groups in total. The summed E-state index contributed by atoms with van der Waals surface area (Å²) in [6.45, 7) is 10.3. The first kappa shape index (κ1) is 19.1. The van der Waals surface area contributed by atoms with Gasteiger partial charge in [0.1, 0.15) is 18.9 Å². The van der Waals surface area contributed by atoms with E-state index in [-0.39, 0.29) is 32.7 Å². The van der Waals surface area contributed by atoms with Crippen LogP contribution in [-0.4, -0.2) is 51.0 Å². The molecule has 2 rings (SSSR count). The van der Waals surface area contributed by atoms with E-state index < -0.39 is 0 Å². The summed E-state index contributed by atoms with van der Waals surface area (Å²) in [6, 6.07) is 6.32. The summed E-state index contributed by atoms with van der Waals surface area (Å²) in [6.07, 6.45) is 2.31. The van der Waals surface area contributed by atoms with Crippen molar-refractivity contribution in [3.8, 4) is 5.75 Å². The van der Waals surface area contributed by atoms with Crippen LogP contribution in [0.25, 0.3) is 0 Å². The van der Waals surface area contributed by atoms with Gasteiger partial charge in [0.05, 0.1) is 33.4 Å². The normalized spacial score (nSPS) is 18.2. The molecule has 1 aromatic carbocycles. The quantitative estimate of drug-likeness (QED) is 0.762. The molecule has 1 saturated heterocycles. The van der Waals surface area contributed by atoms with Crippen molar-refractivity contribution in [2.24, 2.45) is 0 Å². The van der Waals surface area contributed by atoms with Crippen LogP contribution in [0, 0.1) is 13.8 Å². The molecule has 3 nitrogen and oxygen atoms in total. The van der Waals surface area contributed by atoms with Gasteiger partial charge in [-0.15, -0.1) is 0 Å². The van der Waals surface area contributed by atoms with Gasteiger partial charge in [0.2, 0.25) is 0 Å². The van der Waals surface area contributed by atoms with E-state index in [9.17, 15) is 0 Å². The fourth-order valence-corrected chi connectivity index (χ4v) is 2.93. The number of hydrogen-bond acceptors (Lipinski definition) is 2. The minimum absolute atomic E-state index is 0. The molecule has 0 bridgehead atoms. The molecular formula is C17H28NO2Y+. The van der Waals surface area contributed by atoms with Crippen LogP contribution in [0.1, 0.15) is 24.0 Å². The smallest absolute Gasteiger partial charge is 0.137 e. The van der Waals surface area contributed by atoms with Crippen molar-refractivity contribution in [2.75, 3.05) is 46.5 Å². The zero-order valence-corrected chi connectivity index (χ0v) is 16.6. The van der Waals surface area contributed by atoms with Crippen molar-refractivity contribution in [2.45, 2.75) is 26.7 Å². The number of ether oxygens (including phenoxy) is 2. The second-order valence-electron chi connectivity index (χ2n) is 6.18. The maximum Gasteiger partial charge on any atom is 0.137 e. The molecule has 0 amide bonds. The van der Waals surface area contributed by atoms with E-state index >= 15 is 0 Å². The molecule has 1 heterocycles. The monoisotopic (exact) mass is 367 g/mol. The van der Waals surface area contributed by atoms with Crippen LogP contribution >= 0.6 is 0 Å². The Morgan fingerprint density at radius 2 is 1.67 bits per heavy atom. The molecular weight excluding hydrogens is 339 g/mol. The van der Waals surface area contributed by atoms with Crippen molar-refractivity contribution < 1.29 is 46.7 Å². The summed E-state index contributed by atoms with van der Waals surface area (Å²) in [5.74, 6) is 1.06. The number of hydrogen-bond donors (Lipinski definition) is 0. The molecule has 1 aliphatic heterocycles. The standard InChI is InChI=1S/C17H28NO2.Y/c1-15-7-4-8-16(2)17(15)20-14-11-18(3)9-5-12-19-13-6-10-18;/h4,7-8H,5-6,9-14H2,1-3H3;/q+1;. The second-order valence-corrected chi connectivity index (χ2v) is 6.18. The van der Waals surface area contributed by atoms with Gasteiger partial charge >= 0.3 is 0 Å². The largest absolute Gasteiger partial charge is 0.487 e. The van der Waals surface area contributed by atoms with Crippen LogP contribution in [-0.2, 0) is 37.4 Å². The number of nitrogens with zero attached hydrogens (tertiary/aromatic N) is 1. The molecule has 1 aromatic rings.